The van der Waals surface area contributed by atoms with Crippen molar-refractivity contribution in [2.75, 3.05) is 6.26 Å². The normalized spacial score (nSPS) is 12.5. The van der Waals surface area contributed by atoms with E-state index in [1.54, 1.807) is 6.26 Å². The van der Waals surface area contributed by atoms with Gasteiger partial charge in [-0.15, -0.1) is 11.8 Å². The van der Waals surface area contributed by atoms with Crippen molar-refractivity contribution in [2.45, 2.75) is 11.7 Å². The highest BCUT2D eigenvalue weighted by Gasteiger charge is 2.17. The van der Waals surface area contributed by atoms with Crippen LogP contribution >= 0.6 is 11.8 Å². The molecule has 4 nitrogen and oxygen atoms in total. The van der Waals surface area contributed by atoms with Crippen molar-refractivity contribution in [3.05, 3.63) is 0 Å². The van der Waals surface area contributed by atoms with E-state index in [1.807, 2.05) is 0 Å². The zero-order valence-corrected chi connectivity index (χ0v) is 6.35. The summed E-state index contributed by atoms with van der Waals surface area (Å²) in [5, 5.41) is 7.70. The maximum absolute atomic E-state index is 10.2. The van der Waals surface area contributed by atoms with E-state index in [4.69, 9.17) is 10.8 Å². The van der Waals surface area contributed by atoms with E-state index in [0.29, 0.717) is 0 Å². The van der Waals surface area contributed by atoms with Crippen molar-refractivity contribution in [3.8, 4) is 0 Å². The number of carbonyl (C=O) groups excluding carboxylic acids is 1. The highest BCUT2D eigenvalue weighted by Crippen LogP contribution is 2.09. The number of hydrogen-bond donors (Lipinski definition) is 2. The Morgan fingerprint density at radius 2 is 2.20 bits per heavy atom. The maximum Gasteiger partial charge on any atom is 0.317 e. The molecule has 0 aliphatic carbocycles. The highest BCUT2D eigenvalue weighted by molar-refractivity contribution is 7.99. The Bertz CT molecular complexity index is 148. The Morgan fingerprint density at radius 1 is 1.70 bits per heavy atom. The van der Waals surface area contributed by atoms with Crippen molar-refractivity contribution < 1.29 is 14.7 Å². The first kappa shape index (κ1) is 9.29. The highest BCUT2D eigenvalue weighted by atomic mass is 32.2. The summed E-state index contributed by atoms with van der Waals surface area (Å²) in [6.45, 7) is 0. The number of nitrogens with two attached hydrogens (primary N) is 1. The van der Waals surface area contributed by atoms with Crippen LogP contribution in [0.5, 0.6) is 0 Å². The molecule has 1 unspecified atom stereocenters. The molecule has 0 radical (unpaired) electrons. The molecule has 1 amide bonds. The number of primary amides is 1. The molecule has 0 aliphatic rings. The summed E-state index contributed by atoms with van der Waals surface area (Å²) in [6.07, 6.45) is 1.53. The van der Waals surface area contributed by atoms with Crippen LogP contribution in [0.25, 0.3) is 0 Å². The third kappa shape index (κ3) is 3.34. The van der Waals surface area contributed by atoms with E-state index in [1.165, 1.54) is 0 Å². The van der Waals surface area contributed by atoms with Gasteiger partial charge in [-0.25, -0.2) is 0 Å². The molecule has 1 atom stereocenters. The van der Waals surface area contributed by atoms with Crippen LogP contribution in [0, 0.1) is 0 Å². The smallest absolute Gasteiger partial charge is 0.317 e. The van der Waals surface area contributed by atoms with Gasteiger partial charge in [-0.05, 0) is 6.26 Å². The summed E-state index contributed by atoms with van der Waals surface area (Å²) in [5.74, 6) is -1.58. The molecular formula is C5H9NO3S. The van der Waals surface area contributed by atoms with Crippen molar-refractivity contribution in [2.24, 2.45) is 5.73 Å². The first-order valence-corrected chi connectivity index (χ1v) is 3.90. The molecule has 0 saturated heterocycles. The lowest BCUT2D eigenvalue weighted by molar-refractivity contribution is -0.137. The number of carboxylic acids is 1. The molecule has 0 rings (SSSR count). The summed E-state index contributed by atoms with van der Waals surface area (Å²) in [5.41, 5.74) is 4.79. The van der Waals surface area contributed by atoms with Gasteiger partial charge in [-0.3, -0.25) is 9.59 Å². The quantitative estimate of drug-likeness (QED) is 0.595. The third-order valence-electron chi connectivity index (χ3n) is 0.947. The van der Waals surface area contributed by atoms with Gasteiger partial charge in [0, 0.05) is 6.42 Å². The van der Waals surface area contributed by atoms with E-state index < -0.39 is 17.1 Å². The van der Waals surface area contributed by atoms with Crippen LogP contribution in [0.2, 0.25) is 0 Å². The molecule has 0 saturated carbocycles. The number of hydrogen-bond acceptors (Lipinski definition) is 3. The molecule has 5 heteroatoms. The monoisotopic (exact) mass is 163 g/mol. The van der Waals surface area contributed by atoms with Gasteiger partial charge in [0.05, 0.1) is 0 Å². The van der Waals surface area contributed by atoms with Crippen LogP contribution in [0.3, 0.4) is 0 Å². The van der Waals surface area contributed by atoms with Gasteiger partial charge in [0.15, 0.2) is 0 Å². The van der Waals surface area contributed by atoms with E-state index in [9.17, 15) is 9.59 Å². The maximum atomic E-state index is 10.2. The fourth-order valence-electron chi connectivity index (χ4n) is 0.454. The minimum absolute atomic E-state index is 0.101. The number of carboxylic acid groups (broad SMARTS) is 1. The van der Waals surface area contributed by atoms with Gasteiger partial charge in [-0.2, -0.15) is 0 Å². The Balaban J connectivity index is 3.83. The molecule has 0 fully saturated rings. The van der Waals surface area contributed by atoms with Gasteiger partial charge < -0.3 is 10.8 Å². The van der Waals surface area contributed by atoms with E-state index in [-0.39, 0.29) is 6.42 Å². The first-order chi connectivity index (χ1) is 4.57. The summed E-state index contributed by atoms with van der Waals surface area (Å²) in [6, 6.07) is 0. The fraction of sp³-hybridized carbons (Fsp3) is 0.600. The second kappa shape index (κ2) is 4.16. The van der Waals surface area contributed by atoms with Gasteiger partial charge in [0.2, 0.25) is 5.91 Å². The van der Waals surface area contributed by atoms with Gasteiger partial charge in [0.1, 0.15) is 5.25 Å². The predicted octanol–water partition coefficient (Wildman–Crippen LogP) is -0.322. The zero-order valence-electron chi connectivity index (χ0n) is 5.53. The standard InChI is InChI=1S/C5H9NO3S/c1-10-3(5(8)9)2-4(6)7/h3H,2H2,1H3,(H2,6,7)(H,8,9). The van der Waals surface area contributed by atoms with E-state index in [2.05, 4.69) is 0 Å². The summed E-state index contributed by atoms with van der Waals surface area (Å²) in [7, 11) is 0. The van der Waals surface area contributed by atoms with Gasteiger partial charge >= 0.3 is 5.97 Å². The van der Waals surface area contributed by atoms with Crippen molar-refractivity contribution in [1.29, 1.82) is 0 Å². The van der Waals surface area contributed by atoms with E-state index >= 15 is 0 Å². The number of rotatable bonds is 4. The second-order valence-electron chi connectivity index (χ2n) is 1.73. The third-order valence-corrected chi connectivity index (χ3v) is 1.88. The van der Waals surface area contributed by atoms with Crippen LogP contribution < -0.4 is 5.73 Å². The molecule has 58 valence electrons. The lowest BCUT2D eigenvalue weighted by Gasteiger charge is -2.04. The summed E-state index contributed by atoms with van der Waals surface area (Å²) >= 11 is 1.11. The molecule has 0 heterocycles. The average Bonchev–Trinajstić information content (AvgIpc) is 1.81. The van der Waals surface area contributed by atoms with Crippen LogP contribution in [0.4, 0.5) is 0 Å². The Morgan fingerprint density at radius 3 is 2.30 bits per heavy atom. The Hall–Kier alpha value is -0.710. The van der Waals surface area contributed by atoms with E-state index in [0.717, 1.165) is 11.8 Å². The summed E-state index contributed by atoms with van der Waals surface area (Å²) < 4.78 is 0. The van der Waals surface area contributed by atoms with Crippen LogP contribution in [-0.2, 0) is 9.59 Å². The van der Waals surface area contributed by atoms with Crippen LogP contribution in [0.1, 0.15) is 6.42 Å². The predicted molar refractivity (Wildman–Crippen MR) is 38.8 cm³/mol. The van der Waals surface area contributed by atoms with Gasteiger partial charge in [-0.1, -0.05) is 0 Å². The molecule has 0 aliphatic heterocycles. The van der Waals surface area contributed by atoms with Crippen LogP contribution in [-0.4, -0.2) is 28.5 Å². The Kier molecular flexibility index (Phi) is 3.87. The summed E-state index contributed by atoms with van der Waals surface area (Å²) in [4.78, 5) is 20.5. The molecule has 0 aromatic heterocycles. The molecule has 0 spiro atoms. The minimum Gasteiger partial charge on any atom is -0.480 e. The molecule has 0 bridgehead atoms. The molecule has 0 aromatic rings. The number of amides is 1. The lowest BCUT2D eigenvalue weighted by atomic mass is 10.3. The molecule has 3 N–H and O–H groups in total. The van der Waals surface area contributed by atoms with Crippen molar-refractivity contribution in [1.82, 2.24) is 0 Å². The fourth-order valence-corrected chi connectivity index (χ4v) is 0.987. The van der Waals surface area contributed by atoms with Crippen molar-refractivity contribution >= 4 is 23.6 Å². The van der Waals surface area contributed by atoms with Gasteiger partial charge in [0.25, 0.3) is 0 Å². The van der Waals surface area contributed by atoms with Crippen LogP contribution in [0.15, 0.2) is 0 Å². The van der Waals surface area contributed by atoms with Crippen molar-refractivity contribution in [3.63, 3.8) is 0 Å². The SMILES string of the molecule is CSC(CC(N)=O)C(=O)O. The number of thioether (sulfide) groups is 1. The zero-order chi connectivity index (χ0) is 8.15. The topological polar surface area (TPSA) is 80.4 Å². The minimum atomic E-state index is -0.994. The largest absolute Gasteiger partial charge is 0.480 e. The first-order valence-electron chi connectivity index (χ1n) is 2.61. The number of aliphatic carboxylic acids is 1. The lowest BCUT2D eigenvalue weighted by Crippen LogP contribution is -2.24. The second-order valence-corrected chi connectivity index (χ2v) is 2.77. The average molecular weight is 163 g/mol. The molecular weight excluding hydrogens is 154 g/mol. The molecule has 0 aromatic carbocycles. The Labute approximate surface area is 62.8 Å². The molecule has 10 heavy (non-hydrogen) atoms. The number of carbonyl (C=O) groups is 2.